The van der Waals surface area contributed by atoms with Crippen molar-refractivity contribution in [1.82, 2.24) is 0 Å². The summed E-state index contributed by atoms with van der Waals surface area (Å²) in [6, 6.07) is 9.90. The summed E-state index contributed by atoms with van der Waals surface area (Å²) in [5.74, 6) is 1.55. The fourth-order valence-electron chi connectivity index (χ4n) is 1.14. The van der Waals surface area contributed by atoms with Crippen molar-refractivity contribution in [2.75, 3.05) is 19.8 Å². The minimum atomic E-state index is -0.445. The van der Waals surface area contributed by atoms with E-state index in [9.17, 15) is 0 Å². The Hall–Kier alpha value is -1.10. The molecule has 0 saturated carbocycles. The number of hydrogen-bond acceptors (Lipinski definition) is 4. The normalized spacial score (nSPS) is 13.3. The van der Waals surface area contributed by atoms with Crippen molar-refractivity contribution >= 4 is 0 Å². The Morgan fingerprint density at radius 1 is 1.00 bits per heavy atom. The Bertz CT molecular complexity index is 312. The predicted octanol–water partition coefficient (Wildman–Crippen LogP) is 2.49. The van der Waals surface area contributed by atoms with Crippen LogP contribution >= 0.6 is 0 Å². The molecule has 0 spiro atoms. The van der Waals surface area contributed by atoms with Gasteiger partial charge in [-0.05, 0) is 31.9 Å². The van der Waals surface area contributed by atoms with Crippen LogP contribution in [0.25, 0.3) is 0 Å². The second-order valence-electron chi connectivity index (χ2n) is 5.19. The lowest BCUT2D eigenvalue weighted by molar-refractivity contribution is -0.0177. The molecule has 0 aliphatic rings. The number of aliphatic hydroxyl groups excluding tert-OH is 2. The summed E-state index contributed by atoms with van der Waals surface area (Å²) in [7, 11) is 0. The van der Waals surface area contributed by atoms with Crippen LogP contribution in [0, 0.1) is 5.92 Å². The van der Waals surface area contributed by atoms with Crippen molar-refractivity contribution in [2.24, 2.45) is 5.92 Å². The van der Waals surface area contributed by atoms with Crippen LogP contribution in [0.15, 0.2) is 30.3 Å². The van der Waals surface area contributed by atoms with Crippen LogP contribution in [-0.4, -0.2) is 42.2 Å². The van der Waals surface area contributed by atoms with Crippen molar-refractivity contribution < 1.29 is 19.7 Å². The SMILES string of the molecule is CC(C)COc1ccccc1.CC(O)COC(C)CO. The highest BCUT2D eigenvalue weighted by molar-refractivity contribution is 5.20. The largest absolute Gasteiger partial charge is 0.493 e. The zero-order valence-electron chi connectivity index (χ0n) is 13.0. The van der Waals surface area contributed by atoms with E-state index in [2.05, 4.69) is 13.8 Å². The number of para-hydroxylation sites is 1. The van der Waals surface area contributed by atoms with E-state index in [1.807, 2.05) is 30.3 Å². The highest BCUT2D eigenvalue weighted by Gasteiger charge is 2.00. The Kier molecular flexibility index (Phi) is 11.1. The van der Waals surface area contributed by atoms with E-state index in [0.29, 0.717) is 12.5 Å². The maximum absolute atomic E-state index is 8.69. The van der Waals surface area contributed by atoms with Gasteiger partial charge in [-0.2, -0.15) is 0 Å². The first kappa shape index (κ1) is 18.9. The average Bonchev–Trinajstić information content (AvgIpc) is 2.44. The van der Waals surface area contributed by atoms with Gasteiger partial charge in [0, 0.05) is 0 Å². The first-order valence-corrected chi connectivity index (χ1v) is 7.04. The Morgan fingerprint density at radius 2 is 1.60 bits per heavy atom. The van der Waals surface area contributed by atoms with E-state index in [0.717, 1.165) is 12.4 Å². The van der Waals surface area contributed by atoms with Crippen molar-refractivity contribution in [1.29, 1.82) is 0 Å². The first-order valence-electron chi connectivity index (χ1n) is 7.04. The zero-order chi connectivity index (χ0) is 15.4. The van der Waals surface area contributed by atoms with E-state index in [1.165, 1.54) is 0 Å². The zero-order valence-corrected chi connectivity index (χ0v) is 13.0. The number of aliphatic hydroxyl groups is 2. The van der Waals surface area contributed by atoms with E-state index in [4.69, 9.17) is 19.7 Å². The third-order valence-electron chi connectivity index (χ3n) is 2.21. The Morgan fingerprint density at radius 3 is 2.05 bits per heavy atom. The van der Waals surface area contributed by atoms with Crippen molar-refractivity contribution in [3.05, 3.63) is 30.3 Å². The molecule has 0 bridgehead atoms. The van der Waals surface area contributed by atoms with Gasteiger partial charge in [-0.1, -0.05) is 32.0 Å². The number of benzene rings is 1. The maximum atomic E-state index is 8.69. The van der Waals surface area contributed by atoms with Crippen LogP contribution in [0.1, 0.15) is 27.7 Å². The molecule has 0 fully saturated rings. The first-order chi connectivity index (χ1) is 9.45. The molecule has 2 unspecified atom stereocenters. The molecule has 0 aliphatic carbocycles. The van der Waals surface area contributed by atoms with Gasteiger partial charge in [0.05, 0.1) is 32.0 Å². The van der Waals surface area contributed by atoms with Crippen LogP contribution in [0.5, 0.6) is 5.75 Å². The van der Waals surface area contributed by atoms with Crippen LogP contribution in [0.4, 0.5) is 0 Å². The van der Waals surface area contributed by atoms with Gasteiger partial charge in [0.2, 0.25) is 0 Å². The lowest BCUT2D eigenvalue weighted by atomic mass is 10.2. The van der Waals surface area contributed by atoms with E-state index >= 15 is 0 Å². The molecule has 0 saturated heterocycles. The summed E-state index contributed by atoms with van der Waals surface area (Å²) < 4.78 is 10.4. The molecule has 0 aromatic heterocycles. The fraction of sp³-hybridized carbons (Fsp3) is 0.625. The van der Waals surface area contributed by atoms with Crippen molar-refractivity contribution in [3.8, 4) is 5.75 Å². The quantitative estimate of drug-likeness (QED) is 0.807. The van der Waals surface area contributed by atoms with Gasteiger partial charge in [0.25, 0.3) is 0 Å². The minimum absolute atomic E-state index is 0.00667. The molecule has 20 heavy (non-hydrogen) atoms. The highest BCUT2D eigenvalue weighted by atomic mass is 16.5. The Labute approximate surface area is 122 Å². The molecule has 0 radical (unpaired) electrons. The second kappa shape index (κ2) is 11.7. The maximum Gasteiger partial charge on any atom is 0.119 e. The van der Waals surface area contributed by atoms with Crippen LogP contribution in [0.3, 0.4) is 0 Å². The van der Waals surface area contributed by atoms with Crippen molar-refractivity contribution in [2.45, 2.75) is 39.9 Å². The van der Waals surface area contributed by atoms with Crippen molar-refractivity contribution in [3.63, 3.8) is 0 Å². The predicted molar refractivity (Wildman–Crippen MR) is 81.0 cm³/mol. The molecule has 4 nitrogen and oxygen atoms in total. The summed E-state index contributed by atoms with van der Waals surface area (Å²) >= 11 is 0. The van der Waals surface area contributed by atoms with Gasteiger partial charge in [-0.25, -0.2) is 0 Å². The van der Waals surface area contributed by atoms with Gasteiger partial charge in [-0.3, -0.25) is 0 Å². The molecule has 4 heteroatoms. The van der Waals surface area contributed by atoms with Gasteiger partial charge >= 0.3 is 0 Å². The summed E-state index contributed by atoms with van der Waals surface area (Å²) in [6.07, 6.45) is -0.612. The summed E-state index contributed by atoms with van der Waals surface area (Å²) in [4.78, 5) is 0. The number of ether oxygens (including phenoxy) is 2. The fourth-order valence-corrected chi connectivity index (χ4v) is 1.14. The minimum Gasteiger partial charge on any atom is -0.493 e. The third kappa shape index (κ3) is 12.0. The molecule has 1 aromatic carbocycles. The molecule has 0 aliphatic heterocycles. The van der Waals surface area contributed by atoms with Gasteiger partial charge in [-0.15, -0.1) is 0 Å². The smallest absolute Gasteiger partial charge is 0.119 e. The number of hydrogen-bond donors (Lipinski definition) is 2. The Balaban J connectivity index is 0.000000370. The summed E-state index contributed by atoms with van der Waals surface area (Å²) in [5, 5.41) is 17.1. The molecule has 1 aromatic rings. The molecular formula is C16H28O4. The molecule has 2 N–H and O–H groups in total. The molecule has 1 rings (SSSR count). The van der Waals surface area contributed by atoms with Gasteiger partial charge in [0.15, 0.2) is 0 Å². The third-order valence-corrected chi connectivity index (χ3v) is 2.21. The molecule has 0 amide bonds. The van der Waals surface area contributed by atoms with Crippen LogP contribution in [-0.2, 0) is 4.74 Å². The highest BCUT2D eigenvalue weighted by Crippen LogP contribution is 2.09. The molecule has 0 heterocycles. The van der Waals surface area contributed by atoms with Crippen LogP contribution < -0.4 is 4.74 Å². The summed E-state index contributed by atoms with van der Waals surface area (Å²) in [6.45, 7) is 8.77. The average molecular weight is 284 g/mol. The molecular weight excluding hydrogens is 256 g/mol. The standard InChI is InChI=1S/C10H14O.C6H14O3/c1-9(2)8-11-10-6-4-3-5-7-10;1-5(8)4-9-6(2)3-7/h3-7,9H,8H2,1-2H3;5-8H,3-4H2,1-2H3. The van der Waals surface area contributed by atoms with Gasteiger partial charge < -0.3 is 19.7 Å². The molecule has 2 atom stereocenters. The van der Waals surface area contributed by atoms with E-state index < -0.39 is 6.10 Å². The molecule has 116 valence electrons. The van der Waals surface area contributed by atoms with E-state index in [-0.39, 0.29) is 12.7 Å². The van der Waals surface area contributed by atoms with Crippen LogP contribution in [0.2, 0.25) is 0 Å². The topological polar surface area (TPSA) is 58.9 Å². The summed E-state index contributed by atoms with van der Waals surface area (Å²) in [5.41, 5.74) is 0. The number of rotatable bonds is 7. The van der Waals surface area contributed by atoms with E-state index in [1.54, 1.807) is 13.8 Å². The monoisotopic (exact) mass is 284 g/mol. The second-order valence-corrected chi connectivity index (χ2v) is 5.19. The lowest BCUT2D eigenvalue weighted by Gasteiger charge is -2.10. The van der Waals surface area contributed by atoms with Gasteiger partial charge in [0.1, 0.15) is 5.75 Å². The lowest BCUT2D eigenvalue weighted by Crippen LogP contribution is -2.19.